The van der Waals surface area contributed by atoms with E-state index in [2.05, 4.69) is 0 Å². The number of carbonyl (C=O) groups is 2. The maximum atomic E-state index is 11.6. The average molecular weight is 296 g/mol. The zero-order valence-corrected chi connectivity index (χ0v) is 11.8. The van der Waals surface area contributed by atoms with Crippen LogP contribution in [-0.2, 0) is 9.59 Å². The lowest BCUT2D eigenvalue weighted by atomic mass is 9.52. The third-order valence-electron chi connectivity index (χ3n) is 4.49. The Kier molecular flexibility index (Phi) is 3.67. The summed E-state index contributed by atoms with van der Waals surface area (Å²) in [6.45, 7) is 0. The number of aliphatic carboxylic acids is 2. The highest BCUT2D eigenvalue weighted by molar-refractivity contribution is 5.85. The quantitative estimate of drug-likeness (QED) is 0.909. The van der Waals surface area contributed by atoms with Crippen molar-refractivity contribution in [2.45, 2.75) is 11.8 Å². The Balaban J connectivity index is 2.07. The van der Waals surface area contributed by atoms with E-state index in [9.17, 15) is 19.8 Å². The van der Waals surface area contributed by atoms with Gasteiger partial charge in [0.05, 0.1) is 11.8 Å². The first-order valence-electron chi connectivity index (χ1n) is 7.16. The third kappa shape index (κ3) is 2.26. The Labute approximate surface area is 128 Å². The van der Waals surface area contributed by atoms with Crippen LogP contribution in [0.15, 0.2) is 60.7 Å². The molecule has 3 rings (SSSR count). The van der Waals surface area contributed by atoms with Crippen molar-refractivity contribution in [3.63, 3.8) is 0 Å². The standard InChI is InChI=1S/C18H16O4/c19-17(20)15-13(11-7-3-1-4-8-11)14(16(15)18(21)22)12-9-5-2-6-10-12/h1-10,13-16H,(H,19,20)(H,21,22)/t13-,14-,15+,16+/m1/s1. The van der Waals surface area contributed by atoms with Gasteiger partial charge in [-0.3, -0.25) is 9.59 Å². The van der Waals surface area contributed by atoms with Crippen molar-refractivity contribution in [3.8, 4) is 0 Å². The Bertz CT molecular complexity index is 619. The normalized spacial score (nSPS) is 26.9. The highest BCUT2D eigenvalue weighted by Crippen LogP contribution is 2.57. The largest absolute Gasteiger partial charge is 0.481 e. The summed E-state index contributed by atoms with van der Waals surface area (Å²) in [5.74, 6) is -4.53. The molecule has 0 spiro atoms. The SMILES string of the molecule is O=C(O)[C@@H]1[C@@H](C(=O)O)[C@H](c2ccccc2)[C@H]1c1ccccc1. The first-order valence-corrected chi connectivity index (χ1v) is 7.16. The molecular weight excluding hydrogens is 280 g/mol. The summed E-state index contributed by atoms with van der Waals surface area (Å²) >= 11 is 0. The summed E-state index contributed by atoms with van der Waals surface area (Å²) in [7, 11) is 0. The zero-order chi connectivity index (χ0) is 15.7. The number of carboxylic acids is 2. The van der Waals surface area contributed by atoms with E-state index in [0.29, 0.717) is 0 Å². The van der Waals surface area contributed by atoms with Gasteiger partial charge in [0, 0.05) is 11.8 Å². The van der Waals surface area contributed by atoms with Crippen LogP contribution in [0.25, 0.3) is 0 Å². The van der Waals surface area contributed by atoms with Gasteiger partial charge in [0.1, 0.15) is 0 Å². The van der Waals surface area contributed by atoms with Crippen molar-refractivity contribution in [3.05, 3.63) is 71.8 Å². The molecule has 0 radical (unpaired) electrons. The zero-order valence-electron chi connectivity index (χ0n) is 11.8. The minimum Gasteiger partial charge on any atom is -0.481 e. The molecule has 0 unspecified atom stereocenters. The van der Waals surface area contributed by atoms with Crippen LogP contribution in [0.4, 0.5) is 0 Å². The fourth-order valence-electron chi connectivity index (χ4n) is 3.54. The van der Waals surface area contributed by atoms with E-state index < -0.39 is 23.8 Å². The molecule has 0 bridgehead atoms. The van der Waals surface area contributed by atoms with Gasteiger partial charge in [-0.1, -0.05) is 60.7 Å². The Morgan fingerprint density at radius 1 is 0.636 bits per heavy atom. The van der Waals surface area contributed by atoms with Crippen LogP contribution in [0, 0.1) is 11.8 Å². The van der Waals surface area contributed by atoms with Gasteiger partial charge in [0.2, 0.25) is 0 Å². The minimum absolute atomic E-state index is 0.317. The average Bonchev–Trinajstić information content (AvgIpc) is 2.47. The van der Waals surface area contributed by atoms with Gasteiger partial charge in [0.15, 0.2) is 0 Å². The smallest absolute Gasteiger partial charge is 0.308 e. The van der Waals surface area contributed by atoms with Crippen molar-refractivity contribution >= 4 is 11.9 Å². The molecule has 0 amide bonds. The molecule has 1 saturated carbocycles. The van der Waals surface area contributed by atoms with Crippen molar-refractivity contribution < 1.29 is 19.8 Å². The second kappa shape index (κ2) is 5.64. The second-order valence-corrected chi connectivity index (χ2v) is 5.60. The number of carboxylic acid groups (broad SMARTS) is 2. The molecule has 112 valence electrons. The first-order chi connectivity index (χ1) is 10.6. The van der Waals surface area contributed by atoms with Crippen molar-refractivity contribution in [2.75, 3.05) is 0 Å². The molecule has 1 fully saturated rings. The lowest BCUT2D eigenvalue weighted by molar-refractivity contribution is -0.164. The molecule has 0 aromatic heterocycles. The summed E-state index contributed by atoms with van der Waals surface area (Å²) in [5, 5.41) is 19.0. The summed E-state index contributed by atoms with van der Waals surface area (Å²) in [4.78, 5) is 23.2. The number of rotatable bonds is 4. The second-order valence-electron chi connectivity index (χ2n) is 5.60. The highest BCUT2D eigenvalue weighted by atomic mass is 16.4. The van der Waals surface area contributed by atoms with Gasteiger partial charge in [-0.25, -0.2) is 0 Å². The Morgan fingerprint density at radius 2 is 0.955 bits per heavy atom. The van der Waals surface area contributed by atoms with Crippen LogP contribution in [0.1, 0.15) is 23.0 Å². The van der Waals surface area contributed by atoms with E-state index in [-0.39, 0.29) is 11.8 Å². The topological polar surface area (TPSA) is 74.6 Å². The van der Waals surface area contributed by atoms with Crippen LogP contribution < -0.4 is 0 Å². The van der Waals surface area contributed by atoms with Gasteiger partial charge in [-0.15, -0.1) is 0 Å². The van der Waals surface area contributed by atoms with Crippen molar-refractivity contribution in [1.29, 1.82) is 0 Å². The molecule has 1 aliphatic carbocycles. The molecule has 2 aromatic carbocycles. The van der Waals surface area contributed by atoms with Gasteiger partial charge >= 0.3 is 11.9 Å². The maximum Gasteiger partial charge on any atom is 0.308 e. The first kappa shape index (κ1) is 14.3. The van der Waals surface area contributed by atoms with Gasteiger partial charge in [-0.05, 0) is 11.1 Å². The summed E-state index contributed by atoms with van der Waals surface area (Å²) in [6, 6.07) is 18.6. The molecule has 4 atom stereocenters. The van der Waals surface area contributed by atoms with E-state index in [4.69, 9.17) is 0 Å². The van der Waals surface area contributed by atoms with Gasteiger partial charge < -0.3 is 10.2 Å². The third-order valence-corrected chi connectivity index (χ3v) is 4.49. The predicted molar refractivity (Wildman–Crippen MR) is 80.6 cm³/mol. The molecule has 2 aromatic rings. The fourth-order valence-corrected chi connectivity index (χ4v) is 3.54. The van der Waals surface area contributed by atoms with Crippen LogP contribution >= 0.6 is 0 Å². The van der Waals surface area contributed by atoms with Crippen LogP contribution in [0.2, 0.25) is 0 Å². The molecule has 4 nitrogen and oxygen atoms in total. The fraction of sp³-hybridized carbons (Fsp3) is 0.222. The Morgan fingerprint density at radius 3 is 1.23 bits per heavy atom. The lowest BCUT2D eigenvalue weighted by Gasteiger charge is -2.48. The van der Waals surface area contributed by atoms with E-state index in [1.165, 1.54) is 0 Å². The summed E-state index contributed by atoms with van der Waals surface area (Å²) < 4.78 is 0. The predicted octanol–water partition coefficient (Wildman–Crippen LogP) is 2.97. The van der Waals surface area contributed by atoms with E-state index >= 15 is 0 Å². The van der Waals surface area contributed by atoms with Gasteiger partial charge in [0.25, 0.3) is 0 Å². The molecule has 0 aliphatic heterocycles. The monoisotopic (exact) mass is 296 g/mol. The minimum atomic E-state index is -1.05. The lowest BCUT2D eigenvalue weighted by Crippen LogP contribution is -2.51. The number of benzene rings is 2. The number of hydrogen-bond donors (Lipinski definition) is 2. The molecule has 1 aliphatic rings. The van der Waals surface area contributed by atoms with Crippen LogP contribution in [0.5, 0.6) is 0 Å². The Hall–Kier alpha value is -2.62. The van der Waals surface area contributed by atoms with Crippen molar-refractivity contribution in [1.82, 2.24) is 0 Å². The highest BCUT2D eigenvalue weighted by Gasteiger charge is 2.58. The van der Waals surface area contributed by atoms with Crippen LogP contribution in [0.3, 0.4) is 0 Å². The van der Waals surface area contributed by atoms with E-state index in [0.717, 1.165) is 11.1 Å². The van der Waals surface area contributed by atoms with Gasteiger partial charge in [-0.2, -0.15) is 0 Å². The summed E-state index contributed by atoms with van der Waals surface area (Å²) in [5.41, 5.74) is 1.75. The molecular formula is C18H16O4. The number of hydrogen-bond acceptors (Lipinski definition) is 2. The van der Waals surface area contributed by atoms with Crippen LogP contribution in [-0.4, -0.2) is 22.2 Å². The van der Waals surface area contributed by atoms with Crippen molar-refractivity contribution in [2.24, 2.45) is 11.8 Å². The van der Waals surface area contributed by atoms with E-state index in [1.54, 1.807) is 0 Å². The summed E-state index contributed by atoms with van der Waals surface area (Å²) in [6.07, 6.45) is 0. The molecule has 4 heteroatoms. The maximum absolute atomic E-state index is 11.6. The van der Waals surface area contributed by atoms with E-state index in [1.807, 2.05) is 60.7 Å². The molecule has 0 saturated heterocycles. The molecule has 0 heterocycles. The molecule has 22 heavy (non-hydrogen) atoms. The molecule has 2 N–H and O–H groups in total.